The maximum absolute atomic E-state index is 6.88. The summed E-state index contributed by atoms with van der Waals surface area (Å²) in [6.07, 6.45) is 0. The Hall–Kier alpha value is -7.62. The Morgan fingerprint density at radius 2 is 0.930 bits per heavy atom. The molecule has 0 aliphatic heterocycles. The van der Waals surface area contributed by atoms with Crippen LogP contribution in [0, 0.1) is 0 Å². The van der Waals surface area contributed by atoms with Crippen molar-refractivity contribution in [2.75, 3.05) is 0 Å². The van der Waals surface area contributed by atoms with Crippen LogP contribution in [-0.4, -0.2) is 9.13 Å². The summed E-state index contributed by atoms with van der Waals surface area (Å²) in [5, 5.41) is 7.13. The number of benzene rings is 9. The topological polar surface area (TPSA) is 23.0 Å². The second-order valence-corrected chi connectivity index (χ2v) is 14.9. The smallest absolute Gasteiger partial charge is 0.160 e. The third-order valence-electron chi connectivity index (χ3n) is 11.7. The van der Waals surface area contributed by atoms with Crippen molar-refractivity contribution in [2.45, 2.75) is 0 Å². The zero-order valence-electron chi connectivity index (χ0n) is 30.9. The lowest BCUT2D eigenvalue weighted by Crippen LogP contribution is -1.96. The molecule has 0 radical (unpaired) electrons. The van der Waals surface area contributed by atoms with Gasteiger partial charge in [-0.25, -0.2) is 0 Å². The van der Waals surface area contributed by atoms with E-state index >= 15 is 0 Å². The summed E-state index contributed by atoms with van der Waals surface area (Å²) in [5.41, 5.74) is 15.7. The zero-order chi connectivity index (χ0) is 37.5. The van der Waals surface area contributed by atoms with Gasteiger partial charge in [-0.3, -0.25) is 0 Å². The fraction of sp³-hybridized carbons (Fsp3) is 0. The van der Waals surface area contributed by atoms with Crippen molar-refractivity contribution in [3.05, 3.63) is 206 Å². The van der Waals surface area contributed by atoms with E-state index in [2.05, 4.69) is 215 Å². The maximum atomic E-state index is 6.88. The number of para-hydroxylation sites is 5. The van der Waals surface area contributed by atoms with Crippen molar-refractivity contribution in [1.82, 2.24) is 9.13 Å². The van der Waals surface area contributed by atoms with Crippen LogP contribution in [0.15, 0.2) is 211 Å². The summed E-state index contributed by atoms with van der Waals surface area (Å²) in [5.74, 6) is 0. The third kappa shape index (κ3) is 4.79. The van der Waals surface area contributed by atoms with E-state index in [-0.39, 0.29) is 0 Å². The molecule has 266 valence electrons. The molecule has 0 unspecified atom stereocenters. The largest absolute Gasteiger partial charge is 0.454 e. The van der Waals surface area contributed by atoms with Crippen LogP contribution in [0.5, 0.6) is 0 Å². The first-order chi connectivity index (χ1) is 28.3. The average Bonchev–Trinajstić information content (AvgIpc) is 3.95. The molecule has 0 amide bonds. The van der Waals surface area contributed by atoms with Gasteiger partial charge in [-0.05, 0) is 82.4 Å². The van der Waals surface area contributed by atoms with E-state index in [0.29, 0.717) is 0 Å². The van der Waals surface area contributed by atoms with Crippen molar-refractivity contribution in [1.29, 1.82) is 0 Å². The monoisotopic (exact) mass is 726 g/mol. The Morgan fingerprint density at radius 3 is 1.75 bits per heavy atom. The lowest BCUT2D eigenvalue weighted by atomic mass is 9.95. The van der Waals surface area contributed by atoms with Gasteiger partial charge in [0.25, 0.3) is 0 Å². The molecule has 0 fully saturated rings. The molecule has 0 N–H and O–H groups in total. The summed E-state index contributed by atoms with van der Waals surface area (Å²) < 4.78 is 11.7. The molecule has 0 atom stereocenters. The Bertz CT molecular complexity index is 3510. The first kappa shape index (κ1) is 31.7. The molecule has 0 spiro atoms. The minimum absolute atomic E-state index is 0.877. The van der Waals surface area contributed by atoms with Gasteiger partial charge in [0.15, 0.2) is 5.58 Å². The Kier molecular flexibility index (Phi) is 6.93. The molecule has 3 heteroatoms. The molecule has 3 aromatic heterocycles. The van der Waals surface area contributed by atoms with Crippen LogP contribution < -0.4 is 0 Å². The van der Waals surface area contributed by atoms with E-state index in [1.54, 1.807) is 0 Å². The van der Waals surface area contributed by atoms with Gasteiger partial charge in [0.1, 0.15) is 5.58 Å². The molecule has 57 heavy (non-hydrogen) atoms. The van der Waals surface area contributed by atoms with Gasteiger partial charge in [-0.1, -0.05) is 152 Å². The van der Waals surface area contributed by atoms with E-state index in [1.165, 1.54) is 54.8 Å². The fourth-order valence-electron chi connectivity index (χ4n) is 9.22. The van der Waals surface area contributed by atoms with Gasteiger partial charge >= 0.3 is 0 Å². The van der Waals surface area contributed by atoms with Crippen molar-refractivity contribution < 1.29 is 4.42 Å². The maximum Gasteiger partial charge on any atom is 0.160 e. The highest BCUT2D eigenvalue weighted by Gasteiger charge is 2.22. The minimum atomic E-state index is 0.877. The van der Waals surface area contributed by atoms with Gasteiger partial charge in [0, 0.05) is 43.6 Å². The van der Waals surface area contributed by atoms with E-state index in [4.69, 9.17) is 4.42 Å². The molecule has 3 heterocycles. The third-order valence-corrected chi connectivity index (χ3v) is 11.7. The number of rotatable bonds is 5. The highest BCUT2D eigenvalue weighted by Crippen LogP contribution is 2.44. The second-order valence-electron chi connectivity index (χ2n) is 14.9. The van der Waals surface area contributed by atoms with Gasteiger partial charge < -0.3 is 13.6 Å². The van der Waals surface area contributed by atoms with Crippen LogP contribution in [0.1, 0.15) is 0 Å². The Balaban J connectivity index is 1.10. The van der Waals surface area contributed by atoms with Crippen LogP contribution in [0.3, 0.4) is 0 Å². The number of fused-ring (bicyclic) bond motifs is 9. The quantitative estimate of drug-likeness (QED) is 0.173. The minimum Gasteiger partial charge on any atom is -0.454 e. The number of furan rings is 1. The molecular weight excluding hydrogens is 693 g/mol. The van der Waals surface area contributed by atoms with E-state index < -0.39 is 0 Å². The number of hydrogen-bond donors (Lipinski definition) is 0. The molecule has 12 aromatic rings. The molecule has 0 aliphatic rings. The summed E-state index contributed by atoms with van der Waals surface area (Å²) >= 11 is 0. The molecule has 0 saturated carbocycles. The van der Waals surface area contributed by atoms with Crippen molar-refractivity contribution in [3.63, 3.8) is 0 Å². The highest BCUT2D eigenvalue weighted by molar-refractivity contribution is 6.18. The molecule has 12 rings (SSSR count). The SMILES string of the molecule is c1ccc(-c2cccc(-c3ccc(-n4c5ccccc5c5cc(-c6cccc7c8ccccc8n(-c8ccccc8)c67)ccc54)c4oc5ccccc5c34)c2)cc1. The summed E-state index contributed by atoms with van der Waals surface area (Å²) in [7, 11) is 0. The summed E-state index contributed by atoms with van der Waals surface area (Å²) in [6.45, 7) is 0. The molecule has 0 bridgehead atoms. The summed E-state index contributed by atoms with van der Waals surface area (Å²) in [6, 6.07) is 74.3. The van der Waals surface area contributed by atoms with E-state index in [9.17, 15) is 0 Å². The molecule has 0 saturated heterocycles. The predicted molar refractivity (Wildman–Crippen MR) is 239 cm³/mol. The fourth-order valence-corrected chi connectivity index (χ4v) is 9.22. The Morgan fingerprint density at radius 1 is 0.333 bits per heavy atom. The van der Waals surface area contributed by atoms with Crippen molar-refractivity contribution >= 4 is 65.6 Å². The first-order valence-corrected chi connectivity index (χ1v) is 19.5. The molecule has 0 aliphatic carbocycles. The number of aromatic nitrogens is 2. The molecular formula is C54H34N2O. The zero-order valence-corrected chi connectivity index (χ0v) is 30.9. The lowest BCUT2D eigenvalue weighted by molar-refractivity contribution is 0.666. The predicted octanol–water partition coefficient (Wildman–Crippen LogP) is 14.8. The van der Waals surface area contributed by atoms with E-state index in [1.807, 2.05) is 0 Å². The lowest BCUT2D eigenvalue weighted by Gasteiger charge is -2.13. The van der Waals surface area contributed by atoms with Gasteiger partial charge in [-0.15, -0.1) is 0 Å². The highest BCUT2D eigenvalue weighted by atomic mass is 16.3. The van der Waals surface area contributed by atoms with Gasteiger partial charge in [-0.2, -0.15) is 0 Å². The Labute approximate surface area is 328 Å². The van der Waals surface area contributed by atoms with Gasteiger partial charge in [0.05, 0.1) is 27.8 Å². The van der Waals surface area contributed by atoms with Crippen LogP contribution in [0.4, 0.5) is 0 Å². The van der Waals surface area contributed by atoms with Crippen molar-refractivity contribution in [2.24, 2.45) is 0 Å². The van der Waals surface area contributed by atoms with Crippen molar-refractivity contribution in [3.8, 4) is 44.8 Å². The van der Waals surface area contributed by atoms with Crippen LogP contribution >= 0.6 is 0 Å². The van der Waals surface area contributed by atoms with Crippen LogP contribution in [0.2, 0.25) is 0 Å². The number of nitrogens with zero attached hydrogens (tertiary/aromatic N) is 2. The molecule has 3 nitrogen and oxygen atoms in total. The standard InChI is InChI=1S/C54H34N2O/c1-3-15-35(16-4-1)36-17-13-18-37(33-36)40-30-32-50(54-52(40)45-23-9-12-28-51(45)57-54)56-48-27-11-8-22-43(48)46-34-38(29-31-49(46)56)41-24-14-25-44-42-21-7-10-26-47(42)55(53(41)44)39-19-5-2-6-20-39/h1-34H. The first-order valence-electron chi connectivity index (χ1n) is 19.5. The van der Waals surface area contributed by atoms with Gasteiger partial charge in [0.2, 0.25) is 0 Å². The van der Waals surface area contributed by atoms with Crippen LogP contribution in [0.25, 0.3) is 110 Å². The average molecular weight is 727 g/mol. The van der Waals surface area contributed by atoms with E-state index in [0.717, 1.165) is 55.5 Å². The molecule has 9 aromatic carbocycles. The summed E-state index contributed by atoms with van der Waals surface area (Å²) in [4.78, 5) is 0. The number of hydrogen-bond acceptors (Lipinski definition) is 1. The normalized spacial score (nSPS) is 11.9. The van der Waals surface area contributed by atoms with Crippen LogP contribution in [-0.2, 0) is 0 Å². The second kappa shape index (κ2) is 12.5.